The van der Waals surface area contributed by atoms with E-state index in [1.54, 1.807) is 36.4 Å². The fourth-order valence-corrected chi connectivity index (χ4v) is 2.68. The van der Waals surface area contributed by atoms with Crippen LogP contribution in [0.5, 0.6) is 23.0 Å². The molecule has 0 radical (unpaired) electrons. The summed E-state index contributed by atoms with van der Waals surface area (Å²) < 4.78 is 26.6. The van der Waals surface area contributed by atoms with Crippen molar-refractivity contribution in [3.05, 3.63) is 59.7 Å². The van der Waals surface area contributed by atoms with Crippen molar-refractivity contribution in [1.82, 2.24) is 0 Å². The molecule has 0 saturated carbocycles. The van der Waals surface area contributed by atoms with Crippen molar-refractivity contribution in [2.45, 2.75) is 20.3 Å². The monoisotopic (exact) mass is 440 g/mol. The molecule has 0 aliphatic carbocycles. The highest BCUT2D eigenvalue weighted by molar-refractivity contribution is 5.87. The van der Waals surface area contributed by atoms with Gasteiger partial charge in [-0.25, -0.2) is 9.59 Å². The molecule has 0 heterocycles. The summed E-state index contributed by atoms with van der Waals surface area (Å²) in [7, 11) is 2.99. The van der Waals surface area contributed by atoms with Crippen LogP contribution in [0.1, 0.15) is 31.4 Å². The summed E-state index contributed by atoms with van der Waals surface area (Å²) in [6, 6.07) is 10.3. The van der Waals surface area contributed by atoms with Crippen molar-refractivity contribution in [3.63, 3.8) is 0 Å². The molecule has 2 aromatic rings. The first-order chi connectivity index (χ1) is 15.5. The van der Waals surface area contributed by atoms with Crippen molar-refractivity contribution in [2.75, 3.05) is 27.4 Å². The lowest BCUT2D eigenvalue weighted by Crippen LogP contribution is -2.18. The summed E-state index contributed by atoms with van der Waals surface area (Å²) in [5.41, 5.74) is 1.65. The Morgan fingerprint density at radius 1 is 0.875 bits per heavy atom. The van der Waals surface area contributed by atoms with Gasteiger partial charge in [-0.05, 0) is 54.8 Å². The Hall–Kier alpha value is -3.74. The molecule has 0 saturated heterocycles. The van der Waals surface area contributed by atoms with Gasteiger partial charge in [-0.1, -0.05) is 31.2 Å². The van der Waals surface area contributed by atoms with Gasteiger partial charge < -0.3 is 23.7 Å². The number of carbonyl (C=O) groups is 2. The van der Waals surface area contributed by atoms with Crippen LogP contribution >= 0.6 is 0 Å². The molecular weight excluding hydrogens is 412 g/mol. The molecule has 0 amide bonds. The highest BCUT2D eigenvalue weighted by Gasteiger charge is 2.13. The number of ether oxygens (including phenoxy) is 5. The van der Waals surface area contributed by atoms with E-state index < -0.39 is 11.9 Å². The second-order valence-corrected chi connectivity index (χ2v) is 6.58. The Kier molecular flexibility index (Phi) is 9.84. The summed E-state index contributed by atoms with van der Waals surface area (Å²) in [4.78, 5) is 23.9. The van der Waals surface area contributed by atoms with E-state index in [0.717, 1.165) is 17.5 Å². The minimum atomic E-state index is -0.591. The average Bonchev–Trinajstić information content (AvgIpc) is 2.81. The summed E-state index contributed by atoms with van der Waals surface area (Å²) in [5, 5.41) is 0. The number of rotatable bonds is 11. The largest absolute Gasteiger partial charge is 0.493 e. The van der Waals surface area contributed by atoms with Gasteiger partial charge in [0.2, 0.25) is 0 Å². The third-order valence-electron chi connectivity index (χ3n) is 4.16. The molecule has 0 fully saturated rings. The Bertz CT molecular complexity index is 976. The van der Waals surface area contributed by atoms with Gasteiger partial charge in [-0.3, -0.25) is 0 Å². The number of carbonyl (C=O) groups excluding carboxylic acids is 2. The van der Waals surface area contributed by atoms with Crippen LogP contribution in [0.2, 0.25) is 0 Å². The number of allylic oxidation sites excluding steroid dienone is 1. The van der Waals surface area contributed by atoms with E-state index in [4.69, 9.17) is 23.7 Å². The van der Waals surface area contributed by atoms with Gasteiger partial charge in [0.15, 0.2) is 29.6 Å². The molecule has 0 unspecified atom stereocenters. The molecule has 7 heteroatoms. The molecule has 170 valence electrons. The standard InChI is InChI=1S/C25H28O7/c1-5-7-18-9-12-21(23(15-18)29-4)32-25(27)17-31-20-11-8-19(16-22(20)28-3)10-13-24(26)30-14-6-2/h5,7-13,15-16H,6,14,17H2,1-4H3/b7-5+,13-10+. The Morgan fingerprint density at radius 2 is 1.50 bits per heavy atom. The smallest absolute Gasteiger partial charge is 0.349 e. The van der Waals surface area contributed by atoms with Crippen molar-refractivity contribution < 1.29 is 33.3 Å². The van der Waals surface area contributed by atoms with Crippen LogP contribution in [0, 0.1) is 0 Å². The molecule has 7 nitrogen and oxygen atoms in total. The fourth-order valence-electron chi connectivity index (χ4n) is 2.68. The second-order valence-electron chi connectivity index (χ2n) is 6.58. The van der Waals surface area contributed by atoms with E-state index in [0.29, 0.717) is 29.6 Å². The van der Waals surface area contributed by atoms with E-state index >= 15 is 0 Å². The molecule has 2 rings (SSSR count). The summed E-state index contributed by atoms with van der Waals surface area (Å²) in [5.74, 6) is 0.521. The molecule has 0 atom stereocenters. The molecular formula is C25H28O7. The second kappa shape index (κ2) is 12.8. The predicted octanol–water partition coefficient (Wildman–Crippen LogP) is 4.69. The fraction of sp³-hybridized carbons (Fsp3) is 0.280. The summed E-state index contributed by atoms with van der Waals surface area (Å²) in [6.45, 7) is 3.89. The third-order valence-corrected chi connectivity index (χ3v) is 4.16. The van der Waals surface area contributed by atoms with Gasteiger partial charge in [-0.15, -0.1) is 0 Å². The lowest BCUT2D eigenvalue weighted by molar-refractivity contribution is -0.138. The zero-order chi connectivity index (χ0) is 23.3. The lowest BCUT2D eigenvalue weighted by Gasteiger charge is -2.12. The quantitative estimate of drug-likeness (QED) is 0.285. The van der Waals surface area contributed by atoms with Gasteiger partial charge in [0.05, 0.1) is 20.8 Å². The molecule has 0 N–H and O–H groups in total. The van der Waals surface area contributed by atoms with Gasteiger partial charge in [0.1, 0.15) is 0 Å². The van der Waals surface area contributed by atoms with Crippen LogP contribution in [-0.4, -0.2) is 39.4 Å². The number of esters is 2. The maximum absolute atomic E-state index is 12.3. The van der Waals surface area contributed by atoms with Crippen LogP contribution in [-0.2, 0) is 14.3 Å². The van der Waals surface area contributed by atoms with Crippen molar-refractivity contribution >= 4 is 24.1 Å². The number of methoxy groups -OCH3 is 2. The number of hydrogen-bond donors (Lipinski definition) is 0. The minimum Gasteiger partial charge on any atom is -0.493 e. The molecule has 32 heavy (non-hydrogen) atoms. The first-order valence-electron chi connectivity index (χ1n) is 10.2. The van der Waals surface area contributed by atoms with Crippen LogP contribution in [0.25, 0.3) is 12.2 Å². The van der Waals surface area contributed by atoms with E-state index in [1.807, 2.05) is 32.1 Å². The molecule has 0 spiro atoms. The number of hydrogen-bond acceptors (Lipinski definition) is 7. The zero-order valence-electron chi connectivity index (χ0n) is 18.8. The summed E-state index contributed by atoms with van der Waals surface area (Å²) in [6.07, 6.45) is 7.53. The predicted molar refractivity (Wildman–Crippen MR) is 122 cm³/mol. The van der Waals surface area contributed by atoms with E-state index in [-0.39, 0.29) is 6.61 Å². The number of benzene rings is 2. The zero-order valence-corrected chi connectivity index (χ0v) is 18.8. The molecule has 2 aromatic carbocycles. The Balaban J connectivity index is 2.00. The van der Waals surface area contributed by atoms with Crippen molar-refractivity contribution in [3.8, 4) is 23.0 Å². The SMILES string of the molecule is C/C=C/c1ccc(OC(=O)COc2ccc(/C=C/C(=O)OCCC)cc2OC)c(OC)c1. The van der Waals surface area contributed by atoms with Crippen molar-refractivity contribution in [2.24, 2.45) is 0 Å². The highest BCUT2D eigenvalue weighted by atomic mass is 16.6. The summed E-state index contributed by atoms with van der Waals surface area (Å²) >= 11 is 0. The first kappa shape index (κ1) is 24.5. The minimum absolute atomic E-state index is 0.303. The van der Waals surface area contributed by atoms with Crippen LogP contribution in [0.4, 0.5) is 0 Å². The van der Waals surface area contributed by atoms with E-state index in [2.05, 4.69) is 0 Å². The Labute approximate surface area is 188 Å². The van der Waals surface area contributed by atoms with Gasteiger partial charge in [0.25, 0.3) is 0 Å². The van der Waals surface area contributed by atoms with E-state index in [1.165, 1.54) is 20.3 Å². The highest BCUT2D eigenvalue weighted by Crippen LogP contribution is 2.30. The molecule has 0 aliphatic heterocycles. The van der Waals surface area contributed by atoms with Gasteiger partial charge >= 0.3 is 11.9 Å². The third kappa shape index (κ3) is 7.50. The molecule has 0 bridgehead atoms. The average molecular weight is 440 g/mol. The van der Waals surface area contributed by atoms with Gasteiger partial charge in [-0.2, -0.15) is 0 Å². The normalized spacial score (nSPS) is 10.9. The molecule has 0 aliphatic rings. The topological polar surface area (TPSA) is 80.3 Å². The van der Waals surface area contributed by atoms with Crippen molar-refractivity contribution in [1.29, 1.82) is 0 Å². The van der Waals surface area contributed by atoms with Crippen LogP contribution in [0.3, 0.4) is 0 Å². The maximum Gasteiger partial charge on any atom is 0.349 e. The first-order valence-corrected chi connectivity index (χ1v) is 10.2. The molecule has 0 aromatic heterocycles. The maximum atomic E-state index is 12.3. The Morgan fingerprint density at radius 3 is 2.12 bits per heavy atom. The van der Waals surface area contributed by atoms with E-state index in [9.17, 15) is 9.59 Å². The van der Waals surface area contributed by atoms with Crippen LogP contribution in [0.15, 0.2) is 48.6 Å². The lowest BCUT2D eigenvalue weighted by atomic mass is 10.2. The van der Waals surface area contributed by atoms with Gasteiger partial charge in [0, 0.05) is 6.08 Å². The van der Waals surface area contributed by atoms with Crippen LogP contribution < -0.4 is 18.9 Å².